The summed E-state index contributed by atoms with van der Waals surface area (Å²) in [7, 11) is 6.30. The van der Waals surface area contributed by atoms with E-state index in [0.29, 0.717) is 12.1 Å². The highest BCUT2D eigenvalue weighted by Crippen LogP contribution is 2.53. The highest BCUT2D eigenvalue weighted by atomic mass is 19.1. The molecule has 222 valence electrons. The average molecular weight is 580 g/mol. The number of rotatable bonds is 7. The molecular weight excluding hydrogens is 545 g/mol. The molecule has 0 bridgehead atoms. The summed E-state index contributed by atoms with van der Waals surface area (Å²) in [4.78, 5) is 42.7. The van der Waals surface area contributed by atoms with Crippen LogP contribution >= 0.6 is 0 Å². The van der Waals surface area contributed by atoms with Crippen molar-refractivity contribution in [1.29, 1.82) is 0 Å². The van der Waals surface area contributed by atoms with Crippen LogP contribution in [0.4, 0.5) is 4.39 Å². The fourth-order valence-electron chi connectivity index (χ4n) is 6.85. The average Bonchev–Trinajstić information content (AvgIpc) is 2.92. The number of aliphatic hydroxyl groups is 3. The molecule has 3 aliphatic carbocycles. The van der Waals surface area contributed by atoms with E-state index in [1.807, 2.05) is 42.3 Å². The topological polar surface area (TPSA) is 154 Å². The van der Waals surface area contributed by atoms with E-state index in [0.717, 1.165) is 5.56 Å². The number of nitrogens with two attached hydrogens (primary N) is 1. The number of ketones is 2. The third kappa shape index (κ3) is 4.39. The number of fused-ring (bicyclic) bond motifs is 3. The second-order valence-electron chi connectivity index (χ2n) is 11.5. The van der Waals surface area contributed by atoms with Gasteiger partial charge in [-0.15, -0.1) is 0 Å². The van der Waals surface area contributed by atoms with Crippen LogP contribution in [0.1, 0.15) is 28.7 Å². The third-order valence-electron chi connectivity index (χ3n) is 8.67. The standard InChI is InChI=1S/C31H34FN3O7/c1-34(2)25-19-11-16-10-18-22(26(36)21(16)28(38)31(19,41)29(39)23(27(25)37)30(33)40)20(42-4)12-17(24(18)32)14-35(3)13-15-8-6-5-7-9-15/h5-9,12,16,19,25,36,39,41H,10-11,13-14H2,1-4H3,(H2,33,40)/t16-,19-,25-,31-/m0/s1. The van der Waals surface area contributed by atoms with Crippen molar-refractivity contribution in [2.75, 3.05) is 28.3 Å². The molecule has 0 heterocycles. The van der Waals surface area contributed by atoms with Crippen molar-refractivity contribution in [2.45, 2.75) is 37.6 Å². The number of nitrogens with zero attached hydrogens (tertiary/aromatic N) is 2. The zero-order valence-corrected chi connectivity index (χ0v) is 23.8. The van der Waals surface area contributed by atoms with Gasteiger partial charge < -0.3 is 25.8 Å². The van der Waals surface area contributed by atoms with Gasteiger partial charge in [-0.05, 0) is 51.5 Å². The molecule has 10 nitrogen and oxygen atoms in total. The fraction of sp³-hybridized carbons (Fsp3) is 0.387. The zero-order valence-electron chi connectivity index (χ0n) is 23.8. The van der Waals surface area contributed by atoms with Gasteiger partial charge in [0, 0.05) is 35.7 Å². The van der Waals surface area contributed by atoms with Crippen LogP contribution in [0.5, 0.6) is 5.75 Å². The van der Waals surface area contributed by atoms with E-state index in [1.54, 1.807) is 0 Å². The normalized spacial score (nSPS) is 25.5. The van der Waals surface area contributed by atoms with E-state index in [9.17, 15) is 29.7 Å². The molecular formula is C31H34FN3O7. The van der Waals surface area contributed by atoms with Crippen molar-refractivity contribution in [2.24, 2.45) is 17.6 Å². The molecule has 0 saturated heterocycles. The van der Waals surface area contributed by atoms with Crippen LogP contribution in [-0.2, 0) is 33.9 Å². The first-order chi connectivity index (χ1) is 19.8. The number of primary amides is 1. The van der Waals surface area contributed by atoms with Gasteiger partial charge in [-0.3, -0.25) is 24.2 Å². The highest BCUT2D eigenvalue weighted by Gasteiger charge is 2.64. The molecule has 0 aliphatic heterocycles. The Morgan fingerprint density at radius 2 is 1.81 bits per heavy atom. The molecule has 4 atom stereocenters. The number of carbonyl (C=O) groups excluding carboxylic acids is 3. The van der Waals surface area contributed by atoms with Gasteiger partial charge in [0.1, 0.15) is 28.7 Å². The van der Waals surface area contributed by atoms with Crippen molar-refractivity contribution in [3.05, 3.63) is 81.4 Å². The summed E-state index contributed by atoms with van der Waals surface area (Å²) >= 11 is 0. The molecule has 11 heteroatoms. The van der Waals surface area contributed by atoms with Crippen molar-refractivity contribution < 1.29 is 38.8 Å². The van der Waals surface area contributed by atoms with Gasteiger partial charge in [-0.2, -0.15) is 0 Å². The van der Waals surface area contributed by atoms with Crippen LogP contribution in [0.2, 0.25) is 0 Å². The number of hydrogen-bond donors (Lipinski definition) is 4. The van der Waals surface area contributed by atoms with E-state index in [2.05, 4.69) is 0 Å². The Kier molecular flexibility index (Phi) is 7.46. The molecule has 0 spiro atoms. The molecule has 1 fully saturated rings. The smallest absolute Gasteiger partial charge is 0.255 e. The number of methoxy groups -OCH3 is 1. The van der Waals surface area contributed by atoms with E-state index >= 15 is 4.39 Å². The SMILES string of the molecule is COc1cc(CN(C)Cc2ccccc2)c(F)c2c1C(O)=C1C(=O)[C@]3(O)C(O)=C(C(N)=O)C(=O)[C@@H](N(C)C)[C@@H]3C[C@@H]1C2. The second-order valence-corrected chi connectivity index (χ2v) is 11.5. The van der Waals surface area contributed by atoms with Crippen LogP contribution in [0, 0.1) is 17.7 Å². The number of hydrogen-bond acceptors (Lipinski definition) is 9. The molecule has 0 unspecified atom stereocenters. The van der Waals surface area contributed by atoms with Crippen molar-refractivity contribution in [1.82, 2.24) is 9.80 Å². The Morgan fingerprint density at radius 1 is 1.14 bits per heavy atom. The van der Waals surface area contributed by atoms with Gasteiger partial charge in [0.15, 0.2) is 11.4 Å². The Bertz CT molecular complexity index is 1550. The Hall–Kier alpha value is -4.06. The number of halogens is 1. The maximum absolute atomic E-state index is 16.2. The maximum Gasteiger partial charge on any atom is 0.255 e. The van der Waals surface area contributed by atoms with Crippen LogP contribution in [0.15, 0.2) is 53.3 Å². The molecule has 42 heavy (non-hydrogen) atoms. The van der Waals surface area contributed by atoms with Gasteiger partial charge in [0.2, 0.25) is 5.78 Å². The van der Waals surface area contributed by atoms with Crippen LogP contribution in [0.3, 0.4) is 0 Å². The predicted octanol–water partition coefficient (Wildman–Crippen LogP) is 2.04. The lowest BCUT2D eigenvalue weighted by molar-refractivity contribution is -0.153. The molecule has 2 aromatic rings. The van der Waals surface area contributed by atoms with Gasteiger partial charge in [-0.1, -0.05) is 30.3 Å². The van der Waals surface area contributed by atoms with Gasteiger partial charge in [0.05, 0.1) is 18.7 Å². The quantitative estimate of drug-likeness (QED) is 0.361. The Labute approximate surface area is 242 Å². The van der Waals surface area contributed by atoms with Gasteiger partial charge in [0.25, 0.3) is 5.91 Å². The number of carbonyl (C=O) groups is 3. The largest absolute Gasteiger partial charge is 0.508 e. The van der Waals surface area contributed by atoms with Gasteiger partial charge >= 0.3 is 0 Å². The molecule has 2 aromatic carbocycles. The Morgan fingerprint density at radius 3 is 2.40 bits per heavy atom. The number of ether oxygens (including phenoxy) is 1. The van der Waals surface area contributed by atoms with Gasteiger partial charge in [-0.25, -0.2) is 4.39 Å². The van der Waals surface area contributed by atoms with E-state index < -0.39 is 63.9 Å². The second kappa shape index (κ2) is 10.6. The van der Waals surface area contributed by atoms with Crippen molar-refractivity contribution >= 4 is 23.2 Å². The molecule has 5 N–H and O–H groups in total. The maximum atomic E-state index is 16.2. The number of aliphatic hydroxyl groups excluding tert-OH is 2. The lowest BCUT2D eigenvalue weighted by Crippen LogP contribution is -2.65. The summed E-state index contributed by atoms with van der Waals surface area (Å²) in [6.07, 6.45) is -0.0847. The lowest BCUT2D eigenvalue weighted by Gasteiger charge is -2.50. The molecule has 1 amide bonds. The van der Waals surface area contributed by atoms with Crippen LogP contribution < -0.4 is 10.5 Å². The van der Waals surface area contributed by atoms with Crippen molar-refractivity contribution in [3.8, 4) is 5.75 Å². The molecule has 5 rings (SSSR count). The predicted molar refractivity (Wildman–Crippen MR) is 151 cm³/mol. The molecule has 1 saturated carbocycles. The first kappa shape index (κ1) is 29.4. The molecule has 0 aromatic heterocycles. The minimum atomic E-state index is -2.70. The fourth-order valence-corrected chi connectivity index (χ4v) is 6.85. The Balaban J connectivity index is 1.61. The van der Waals surface area contributed by atoms with Crippen molar-refractivity contribution in [3.63, 3.8) is 0 Å². The molecule has 3 aliphatic rings. The minimum absolute atomic E-state index is 0.0132. The summed E-state index contributed by atoms with van der Waals surface area (Å²) in [5.41, 5.74) is 3.11. The number of benzene rings is 2. The van der Waals surface area contributed by atoms with E-state index in [-0.39, 0.29) is 41.8 Å². The summed E-state index contributed by atoms with van der Waals surface area (Å²) in [5.74, 6) is -7.28. The molecule has 0 radical (unpaired) electrons. The highest BCUT2D eigenvalue weighted by molar-refractivity contribution is 6.24. The van der Waals surface area contributed by atoms with E-state index in [4.69, 9.17) is 10.5 Å². The lowest BCUT2D eigenvalue weighted by atomic mass is 9.57. The first-order valence-electron chi connectivity index (χ1n) is 13.6. The number of Topliss-reactive ketones (excluding diaryl/α,β-unsaturated/α-hetero) is 2. The van der Waals surface area contributed by atoms with Crippen LogP contribution in [0.25, 0.3) is 5.76 Å². The van der Waals surface area contributed by atoms with Crippen LogP contribution in [-0.4, -0.2) is 82.5 Å². The number of amides is 1. The monoisotopic (exact) mass is 579 g/mol. The summed E-state index contributed by atoms with van der Waals surface area (Å²) in [6, 6.07) is 10.0. The minimum Gasteiger partial charge on any atom is -0.508 e. The summed E-state index contributed by atoms with van der Waals surface area (Å²) in [5, 5.41) is 34.1. The summed E-state index contributed by atoms with van der Waals surface area (Å²) < 4.78 is 21.7. The zero-order chi connectivity index (χ0) is 30.7. The third-order valence-corrected chi connectivity index (χ3v) is 8.67. The first-order valence-corrected chi connectivity index (χ1v) is 13.6. The van der Waals surface area contributed by atoms with E-state index in [1.165, 1.54) is 32.2 Å². The number of likely N-dealkylation sites (N-methyl/N-ethyl adjacent to an activating group) is 1. The summed E-state index contributed by atoms with van der Waals surface area (Å²) in [6.45, 7) is 0.802.